The smallest absolute Gasteiger partial charge is 0.262 e. The predicted molar refractivity (Wildman–Crippen MR) is 133 cm³/mol. The van der Waals surface area contributed by atoms with E-state index in [0.717, 1.165) is 22.0 Å². The Balaban J connectivity index is 1.21. The highest BCUT2D eigenvalue weighted by molar-refractivity contribution is 7.93. The Kier molecular flexibility index (Phi) is 6.99. The van der Waals surface area contributed by atoms with Crippen molar-refractivity contribution in [2.45, 2.75) is 0 Å². The molecule has 0 bridgehead atoms. The fraction of sp³-hybridized carbons (Fsp3) is 0.0800. The largest absolute Gasteiger partial charge is 0.484 e. The van der Waals surface area contributed by atoms with E-state index < -0.39 is 10.7 Å². The zero-order chi connectivity index (χ0) is 22.2. The highest BCUT2D eigenvalue weighted by Gasteiger charge is 2.06. The molecule has 3 aromatic rings. The second-order valence-electron chi connectivity index (χ2n) is 7.08. The molecule has 0 aromatic heterocycles. The molecule has 4 rings (SSSR count). The van der Waals surface area contributed by atoms with Crippen LogP contribution in [0.3, 0.4) is 0 Å². The topological polar surface area (TPSA) is 86.2 Å². The number of carbonyl (C=O) groups excluding carboxylic acids is 1. The van der Waals surface area contributed by atoms with Crippen LogP contribution in [0.1, 0.15) is 0 Å². The van der Waals surface area contributed by atoms with Crippen molar-refractivity contribution in [1.82, 2.24) is 0 Å². The van der Waals surface area contributed by atoms with Gasteiger partial charge in [-0.3, -0.25) is 9.57 Å². The molecular formula is C25H24N4O2S. The van der Waals surface area contributed by atoms with Crippen LogP contribution in [0, 0.1) is 4.78 Å². The molecule has 0 fully saturated rings. The lowest BCUT2D eigenvalue weighted by molar-refractivity contribution is -0.118. The number of nitrogens with one attached hydrogen (secondary N) is 4. The molecule has 0 spiro atoms. The maximum absolute atomic E-state index is 12.2. The Labute approximate surface area is 189 Å². The first-order valence-electron chi connectivity index (χ1n) is 10.2. The third-order valence-corrected chi connectivity index (χ3v) is 5.98. The molecule has 1 unspecified atom stereocenters. The van der Waals surface area contributed by atoms with E-state index in [1.54, 1.807) is 0 Å². The number of ether oxygens (including phenoxy) is 1. The van der Waals surface area contributed by atoms with Crippen LogP contribution in [-0.2, 0) is 15.5 Å². The van der Waals surface area contributed by atoms with Gasteiger partial charge in [0.2, 0.25) is 0 Å². The van der Waals surface area contributed by atoms with Crippen molar-refractivity contribution in [1.29, 1.82) is 4.78 Å². The minimum atomic E-state index is -0.530. The molecule has 162 valence electrons. The highest BCUT2D eigenvalue weighted by atomic mass is 32.2. The van der Waals surface area contributed by atoms with Gasteiger partial charge in [-0.1, -0.05) is 35.0 Å². The summed E-state index contributed by atoms with van der Waals surface area (Å²) in [6.07, 6.45) is 3.90. The van der Waals surface area contributed by atoms with Gasteiger partial charge >= 0.3 is 0 Å². The number of benzene rings is 3. The van der Waals surface area contributed by atoms with Crippen LogP contribution in [0.15, 0.2) is 101 Å². The van der Waals surface area contributed by atoms with Crippen molar-refractivity contribution in [2.24, 2.45) is 0 Å². The van der Waals surface area contributed by atoms with Crippen molar-refractivity contribution in [3.05, 3.63) is 101 Å². The normalized spacial score (nSPS) is 14.5. The molecule has 0 radical (unpaired) electrons. The average Bonchev–Trinajstić information content (AvgIpc) is 3.23. The summed E-state index contributed by atoms with van der Waals surface area (Å²) >= 11 is 0. The zero-order valence-corrected chi connectivity index (χ0v) is 18.2. The van der Waals surface area contributed by atoms with Crippen LogP contribution in [0.4, 0.5) is 22.7 Å². The second kappa shape index (κ2) is 10.5. The third kappa shape index (κ3) is 6.09. The molecule has 3 aromatic carbocycles. The van der Waals surface area contributed by atoms with E-state index in [9.17, 15) is 4.79 Å². The van der Waals surface area contributed by atoms with E-state index in [-0.39, 0.29) is 12.5 Å². The van der Waals surface area contributed by atoms with E-state index in [1.165, 1.54) is 0 Å². The maximum Gasteiger partial charge on any atom is 0.262 e. The number of rotatable bonds is 9. The Bertz CT molecular complexity index is 1140. The number of para-hydroxylation sites is 1. The van der Waals surface area contributed by atoms with Crippen molar-refractivity contribution < 1.29 is 9.53 Å². The predicted octanol–water partition coefficient (Wildman–Crippen LogP) is 5.65. The maximum atomic E-state index is 12.2. The number of hydrogen-bond acceptors (Lipinski definition) is 5. The van der Waals surface area contributed by atoms with Gasteiger partial charge in [0, 0.05) is 34.2 Å². The molecular weight excluding hydrogens is 420 g/mol. The number of allylic oxidation sites excluding steroid dienone is 2. The van der Waals surface area contributed by atoms with Gasteiger partial charge in [-0.05, 0) is 72.1 Å². The SMILES string of the molecule is N=S1C=CC=C1CNc1ccc(OCC(=O)Nc2ccc(Nc3ccccc3)cc2)cc1. The molecule has 0 saturated carbocycles. The van der Waals surface area contributed by atoms with E-state index in [1.807, 2.05) is 96.4 Å². The van der Waals surface area contributed by atoms with Gasteiger partial charge in [0.25, 0.3) is 5.91 Å². The van der Waals surface area contributed by atoms with Gasteiger partial charge in [0.05, 0.1) is 0 Å². The zero-order valence-electron chi connectivity index (χ0n) is 17.4. The highest BCUT2D eigenvalue weighted by Crippen LogP contribution is 2.20. The second-order valence-corrected chi connectivity index (χ2v) is 8.55. The van der Waals surface area contributed by atoms with Gasteiger partial charge in [0.1, 0.15) is 5.75 Å². The number of carbonyl (C=O) groups is 1. The molecule has 1 heterocycles. The molecule has 1 amide bonds. The first-order chi connectivity index (χ1) is 15.7. The molecule has 0 aliphatic carbocycles. The van der Waals surface area contributed by atoms with Crippen molar-refractivity contribution >= 4 is 39.3 Å². The van der Waals surface area contributed by atoms with Crippen LogP contribution in [-0.4, -0.2) is 19.1 Å². The summed E-state index contributed by atoms with van der Waals surface area (Å²) in [7, 11) is -0.530. The first kappa shape index (κ1) is 21.4. The fourth-order valence-corrected chi connectivity index (χ4v) is 3.92. The number of hydrogen-bond donors (Lipinski definition) is 4. The lowest BCUT2D eigenvalue weighted by atomic mass is 10.2. The van der Waals surface area contributed by atoms with E-state index in [4.69, 9.17) is 9.52 Å². The van der Waals surface area contributed by atoms with E-state index in [2.05, 4.69) is 16.0 Å². The van der Waals surface area contributed by atoms with Crippen LogP contribution in [0.2, 0.25) is 0 Å². The van der Waals surface area contributed by atoms with Gasteiger partial charge in [-0.15, -0.1) is 0 Å². The summed E-state index contributed by atoms with van der Waals surface area (Å²) in [5.41, 5.74) is 3.60. The van der Waals surface area contributed by atoms with Crippen LogP contribution < -0.4 is 20.7 Å². The van der Waals surface area contributed by atoms with E-state index >= 15 is 0 Å². The number of amides is 1. The van der Waals surface area contributed by atoms with Gasteiger partial charge in [-0.2, -0.15) is 0 Å². The summed E-state index contributed by atoms with van der Waals surface area (Å²) < 4.78 is 13.5. The Morgan fingerprint density at radius 1 is 0.844 bits per heavy atom. The first-order valence-corrected chi connectivity index (χ1v) is 11.4. The standard InChI is InChI=1S/C25H24N4O2S/c26-32-16-4-7-24(32)17-27-19-12-14-23(15-13-19)31-18-25(30)29-22-10-8-21(9-11-22)28-20-5-2-1-3-6-20/h1-16,26-28H,17-18H2,(H,29,30). The minimum Gasteiger partial charge on any atom is -0.484 e. The fourth-order valence-electron chi connectivity index (χ4n) is 3.05. The molecule has 1 aliphatic heterocycles. The summed E-state index contributed by atoms with van der Waals surface area (Å²) in [5.74, 6) is 0.397. The van der Waals surface area contributed by atoms with Crippen molar-refractivity contribution in [3.63, 3.8) is 0 Å². The van der Waals surface area contributed by atoms with Gasteiger partial charge in [0.15, 0.2) is 6.61 Å². The molecule has 1 atom stereocenters. The summed E-state index contributed by atoms with van der Waals surface area (Å²) in [4.78, 5) is 13.3. The Morgan fingerprint density at radius 3 is 2.19 bits per heavy atom. The summed E-state index contributed by atoms with van der Waals surface area (Å²) in [6.45, 7) is 0.568. The van der Waals surface area contributed by atoms with Gasteiger partial charge in [-0.25, -0.2) is 0 Å². The number of anilines is 4. The lowest BCUT2D eigenvalue weighted by Crippen LogP contribution is -2.20. The molecule has 7 heteroatoms. The third-order valence-electron chi connectivity index (χ3n) is 4.70. The summed E-state index contributed by atoms with van der Waals surface area (Å²) in [5, 5.41) is 11.3. The van der Waals surface area contributed by atoms with Gasteiger partial charge < -0.3 is 20.7 Å². The summed E-state index contributed by atoms with van der Waals surface area (Å²) in [6, 6.07) is 24.9. The molecule has 6 nitrogen and oxygen atoms in total. The Hall–Kier alpha value is -3.84. The Morgan fingerprint density at radius 2 is 1.50 bits per heavy atom. The van der Waals surface area contributed by atoms with Crippen molar-refractivity contribution in [2.75, 3.05) is 29.1 Å². The molecule has 1 aliphatic rings. The molecule has 0 saturated heterocycles. The monoisotopic (exact) mass is 444 g/mol. The van der Waals surface area contributed by atoms with E-state index in [0.29, 0.717) is 18.0 Å². The van der Waals surface area contributed by atoms with Crippen LogP contribution >= 0.6 is 0 Å². The quantitative estimate of drug-likeness (QED) is 0.343. The van der Waals surface area contributed by atoms with Crippen LogP contribution in [0.5, 0.6) is 5.75 Å². The lowest BCUT2D eigenvalue weighted by Gasteiger charge is -2.11. The molecule has 32 heavy (non-hydrogen) atoms. The van der Waals surface area contributed by atoms with Crippen LogP contribution in [0.25, 0.3) is 0 Å². The molecule has 4 N–H and O–H groups in total. The van der Waals surface area contributed by atoms with Crippen molar-refractivity contribution in [3.8, 4) is 5.75 Å². The average molecular weight is 445 g/mol. The minimum absolute atomic E-state index is 0.0724.